The van der Waals surface area contributed by atoms with Crippen LogP contribution < -0.4 is 19.6 Å². The number of benzene rings is 4. The van der Waals surface area contributed by atoms with E-state index in [1.807, 2.05) is 38.1 Å². The van der Waals surface area contributed by atoms with Crippen molar-refractivity contribution < 1.29 is 23.8 Å². The molecule has 0 radical (unpaired) electrons. The third-order valence-corrected chi connectivity index (χ3v) is 7.59. The fraction of sp³-hybridized carbons (Fsp3) is 0.0938. The Labute approximate surface area is 254 Å². The topological polar surface area (TPSA) is 102 Å². The summed E-state index contributed by atoms with van der Waals surface area (Å²) in [5.74, 6) is 0.262. The molecule has 210 valence electrons. The molecule has 1 amide bonds. The first-order chi connectivity index (χ1) is 20.3. The van der Waals surface area contributed by atoms with Gasteiger partial charge in [-0.1, -0.05) is 57.4 Å². The quantitative estimate of drug-likeness (QED) is 0.0859. The standard InChI is InChI=1S/C32H23BrClN3O5/c1-17-11-18(2)29-23(12-17)28(22-5-3-4-6-24(22)34)30(36-29)31(38)37-35-15-20-13-21(33)8-10-25(20)42-32(39)19-7-9-26-27(14-19)41-16-40-26/h3-15,36H,16H2,1-2H3,(H,37,38). The number of rotatable bonds is 6. The number of aromatic amines is 1. The Morgan fingerprint density at radius 3 is 2.67 bits per heavy atom. The van der Waals surface area contributed by atoms with Crippen LogP contribution in [0.3, 0.4) is 0 Å². The van der Waals surface area contributed by atoms with E-state index >= 15 is 0 Å². The number of H-pyrrole nitrogens is 1. The smallest absolute Gasteiger partial charge is 0.343 e. The van der Waals surface area contributed by atoms with Crippen LogP contribution in [0.15, 0.2) is 82.4 Å². The first kappa shape index (κ1) is 27.6. The molecule has 10 heteroatoms. The van der Waals surface area contributed by atoms with Crippen molar-refractivity contribution in [2.75, 3.05) is 6.79 Å². The Morgan fingerprint density at radius 1 is 1.02 bits per heavy atom. The van der Waals surface area contributed by atoms with Gasteiger partial charge in [0.05, 0.1) is 11.8 Å². The van der Waals surface area contributed by atoms with Crippen molar-refractivity contribution >= 4 is 56.5 Å². The van der Waals surface area contributed by atoms with Crippen molar-refractivity contribution in [2.45, 2.75) is 13.8 Å². The molecule has 1 aliphatic heterocycles. The van der Waals surface area contributed by atoms with Gasteiger partial charge in [0.2, 0.25) is 6.79 Å². The number of carbonyl (C=O) groups excluding carboxylic acids is 2. The number of nitrogens with zero attached hydrogens (tertiary/aromatic N) is 1. The van der Waals surface area contributed by atoms with Gasteiger partial charge in [0.15, 0.2) is 11.5 Å². The number of esters is 1. The van der Waals surface area contributed by atoms with Gasteiger partial charge >= 0.3 is 5.97 Å². The van der Waals surface area contributed by atoms with Crippen molar-refractivity contribution in [3.05, 3.63) is 110 Å². The second-order valence-corrected chi connectivity index (χ2v) is 11.0. The molecule has 0 saturated heterocycles. The Balaban J connectivity index is 1.28. The zero-order valence-electron chi connectivity index (χ0n) is 22.5. The van der Waals surface area contributed by atoms with E-state index in [-0.39, 0.29) is 12.5 Å². The maximum Gasteiger partial charge on any atom is 0.343 e. The molecule has 6 rings (SSSR count). The van der Waals surface area contributed by atoms with E-state index in [1.165, 1.54) is 6.21 Å². The Kier molecular flexibility index (Phi) is 7.45. The number of nitrogens with one attached hydrogen (secondary N) is 2. The van der Waals surface area contributed by atoms with Crippen LogP contribution in [0.5, 0.6) is 17.2 Å². The molecule has 2 N–H and O–H groups in total. The molecular formula is C32H23BrClN3O5. The maximum atomic E-state index is 13.5. The van der Waals surface area contributed by atoms with Crippen LogP contribution in [0, 0.1) is 13.8 Å². The molecule has 0 atom stereocenters. The lowest BCUT2D eigenvalue weighted by molar-refractivity contribution is 0.0733. The highest BCUT2D eigenvalue weighted by Crippen LogP contribution is 2.38. The lowest BCUT2D eigenvalue weighted by atomic mass is 9.99. The largest absolute Gasteiger partial charge is 0.454 e. The summed E-state index contributed by atoms with van der Waals surface area (Å²) in [7, 11) is 0. The molecule has 42 heavy (non-hydrogen) atoms. The molecule has 2 heterocycles. The number of amides is 1. The van der Waals surface area contributed by atoms with E-state index in [1.54, 1.807) is 42.5 Å². The van der Waals surface area contributed by atoms with Gasteiger partial charge in [-0.25, -0.2) is 10.2 Å². The van der Waals surface area contributed by atoms with E-state index in [9.17, 15) is 9.59 Å². The normalized spacial score (nSPS) is 12.2. The van der Waals surface area contributed by atoms with Gasteiger partial charge < -0.3 is 19.2 Å². The van der Waals surface area contributed by atoms with Gasteiger partial charge in [0, 0.05) is 37.1 Å². The summed E-state index contributed by atoms with van der Waals surface area (Å²) >= 11 is 10.0. The SMILES string of the molecule is Cc1cc(C)c2[nH]c(C(=O)NN=Cc3cc(Br)ccc3OC(=O)c3ccc4c(c3)OCO4)c(-c3ccccc3Cl)c2c1. The second kappa shape index (κ2) is 11.3. The zero-order chi connectivity index (χ0) is 29.4. The van der Waals surface area contributed by atoms with Crippen LogP contribution in [0.2, 0.25) is 5.02 Å². The number of hydrogen-bond acceptors (Lipinski definition) is 6. The van der Waals surface area contributed by atoms with Crippen molar-refractivity contribution in [3.8, 4) is 28.4 Å². The van der Waals surface area contributed by atoms with E-state index in [4.69, 9.17) is 25.8 Å². The average molecular weight is 645 g/mol. The summed E-state index contributed by atoms with van der Waals surface area (Å²) < 4.78 is 17.1. The number of hydrazone groups is 1. The molecule has 0 unspecified atom stereocenters. The highest BCUT2D eigenvalue weighted by molar-refractivity contribution is 9.10. The van der Waals surface area contributed by atoms with Crippen LogP contribution in [0.1, 0.15) is 37.5 Å². The molecular weight excluding hydrogens is 622 g/mol. The lowest BCUT2D eigenvalue weighted by Crippen LogP contribution is -2.19. The minimum atomic E-state index is -0.581. The van der Waals surface area contributed by atoms with Crippen LogP contribution in [0.4, 0.5) is 0 Å². The second-order valence-electron chi connectivity index (χ2n) is 9.70. The third-order valence-electron chi connectivity index (χ3n) is 6.77. The number of fused-ring (bicyclic) bond motifs is 2. The Bertz CT molecular complexity index is 1920. The van der Waals surface area contributed by atoms with Crippen molar-refractivity contribution in [3.63, 3.8) is 0 Å². The van der Waals surface area contributed by atoms with Gasteiger partial charge in [-0.05, 0) is 67.9 Å². The van der Waals surface area contributed by atoms with Crippen LogP contribution in [-0.2, 0) is 0 Å². The highest BCUT2D eigenvalue weighted by Gasteiger charge is 2.22. The van der Waals surface area contributed by atoms with Gasteiger partial charge in [-0.3, -0.25) is 4.79 Å². The number of halogens is 2. The molecule has 4 aromatic carbocycles. The summed E-state index contributed by atoms with van der Waals surface area (Å²) in [6.07, 6.45) is 1.41. The number of aromatic nitrogens is 1. The van der Waals surface area contributed by atoms with Crippen LogP contribution in [-0.4, -0.2) is 29.9 Å². The molecule has 0 fully saturated rings. The first-order valence-electron chi connectivity index (χ1n) is 12.9. The third kappa shape index (κ3) is 5.36. The molecule has 0 bridgehead atoms. The molecule has 1 aromatic heterocycles. The Hall–Kier alpha value is -4.60. The van der Waals surface area contributed by atoms with Gasteiger partial charge in [0.1, 0.15) is 11.4 Å². The summed E-state index contributed by atoms with van der Waals surface area (Å²) in [4.78, 5) is 29.7. The molecule has 5 aromatic rings. The van der Waals surface area contributed by atoms with Crippen LogP contribution >= 0.6 is 27.5 Å². The van der Waals surface area contributed by atoms with Crippen molar-refractivity contribution in [2.24, 2.45) is 5.10 Å². The average Bonchev–Trinajstić information content (AvgIpc) is 3.59. The number of ether oxygens (including phenoxy) is 3. The maximum absolute atomic E-state index is 13.5. The highest BCUT2D eigenvalue weighted by atomic mass is 79.9. The van der Waals surface area contributed by atoms with Gasteiger partial charge in [-0.15, -0.1) is 0 Å². The molecule has 0 aliphatic carbocycles. The fourth-order valence-corrected chi connectivity index (χ4v) is 5.49. The number of hydrogen-bond donors (Lipinski definition) is 2. The number of carbonyl (C=O) groups is 2. The predicted molar refractivity (Wildman–Crippen MR) is 165 cm³/mol. The summed E-state index contributed by atoms with van der Waals surface area (Å²) in [6.45, 7) is 4.10. The summed E-state index contributed by atoms with van der Waals surface area (Å²) in [5, 5.41) is 5.60. The summed E-state index contributed by atoms with van der Waals surface area (Å²) in [5.41, 5.74) is 8.03. The minimum absolute atomic E-state index is 0.102. The van der Waals surface area contributed by atoms with Crippen LogP contribution in [0.25, 0.3) is 22.0 Å². The first-order valence-corrected chi connectivity index (χ1v) is 14.1. The minimum Gasteiger partial charge on any atom is -0.454 e. The van der Waals surface area contributed by atoms with E-state index < -0.39 is 11.9 Å². The fourth-order valence-electron chi connectivity index (χ4n) is 4.88. The van der Waals surface area contributed by atoms with E-state index in [0.717, 1.165) is 32.1 Å². The molecule has 0 spiro atoms. The molecule has 8 nitrogen and oxygen atoms in total. The van der Waals surface area contributed by atoms with Gasteiger partial charge in [-0.2, -0.15) is 5.10 Å². The van der Waals surface area contributed by atoms with Crippen molar-refractivity contribution in [1.82, 2.24) is 10.4 Å². The van der Waals surface area contributed by atoms with Crippen molar-refractivity contribution in [1.29, 1.82) is 0 Å². The monoisotopic (exact) mass is 643 g/mol. The lowest BCUT2D eigenvalue weighted by Gasteiger charge is -2.09. The Morgan fingerprint density at radius 2 is 1.83 bits per heavy atom. The number of aryl methyl sites for hydroxylation is 2. The van der Waals surface area contributed by atoms with E-state index in [2.05, 4.69) is 37.5 Å². The van der Waals surface area contributed by atoms with E-state index in [0.29, 0.717) is 38.9 Å². The zero-order valence-corrected chi connectivity index (χ0v) is 24.8. The van der Waals surface area contributed by atoms with Gasteiger partial charge in [0.25, 0.3) is 5.91 Å². The molecule has 0 saturated carbocycles. The molecule has 1 aliphatic rings. The predicted octanol–water partition coefficient (Wildman–Crippen LogP) is 7.58. The summed E-state index contributed by atoms with van der Waals surface area (Å²) in [6, 6.07) is 21.4.